The summed E-state index contributed by atoms with van der Waals surface area (Å²) >= 11 is 1.56. The van der Waals surface area contributed by atoms with Gasteiger partial charge in [0.15, 0.2) is 0 Å². The van der Waals surface area contributed by atoms with E-state index in [1.807, 2.05) is 29.6 Å². The van der Waals surface area contributed by atoms with Gasteiger partial charge in [0.2, 0.25) is 11.8 Å². The third-order valence-corrected chi connectivity index (χ3v) is 6.29. The molecule has 0 unspecified atom stereocenters. The van der Waals surface area contributed by atoms with Crippen molar-refractivity contribution in [2.75, 3.05) is 23.3 Å². The molecule has 4 rings (SSSR count). The second kappa shape index (κ2) is 9.75. The van der Waals surface area contributed by atoms with Crippen molar-refractivity contribution in [2.24, 2.45) is 5.73 Å². The normalized spacial score (nSPS) is 13.7. The molecule has 3 aromatic rings. The van der Waals surface area contributed by atoms with E-state index in [4.69, 9.17) is 5.73 Å². The summed E-state index contributed by atoms with van der Waals surface area (Å²) in [5.74, 6) is -0.665. The number of primary amides is 1. The first-order valence-electron chi connectivity index (χ1n) is 10.5. The Balaban J connectivity index is 1.46. The average Bonchev–Trinajstić information content (AvgIpc) is 3.21. The van der Waals surface area contributed by atoms with Gasteiger partial charge in [-0.2, -0.15) is 0 Å². The van der Waals surface area contributed by atoms with Gasteiger partial charge < -0.3 is 16.0 Å². The van der Waals surface area contributed by atoms with Crippen LogP contribution in [-0.2, 0) is 17.6 Å². The van der Waals surface area contributed by atoms with Gasteiger partial charge in [0, 0.05) is 30.5 Å². The maximum atomic E-state index is 12.8. The fourth-order valence-corrected chi connectivity index (χ4v) is 4.67. The highest BCUT2D eigenvalue weighted by molar-refractivity contribution is 7.09. The number of thiazole rings is 1. The predicted molar refractivity (Wildman–Crippen MR) is 125 cm³/mol. The summed E-state index contributed by atoms with van der Waals surface area (Å²) in [5, 5.41) is 5.91. The molecule has 2 heterocycles. The Morgan fingerprint density at radius 3 is 2.58 bits per heavy atom. The van der Waals surface area contributed by atoms with Gasteiger partial charge >= 0.3 is 0 Å². The van der Waals surface area contributed by atoms with Crippen LogP contribution in [0.1, 0.15) is 45.9 Å². The van der Waals surface area contributed by atoms with Crippen molar-refractivity contribution in [3.63, 3.8) is 0 Å². The second-order valence-electron chi connectivity index (χ2n) is 7.76. The van der Waals surface area contributed by atoms with Crippen molar-refractivity contribution in [2.45, 2.75) is 32.1 Å². The Morgan fingerprint density at radius 1 is 1.06 bits per heavy atom. The highest BCUT2D eigenvalue weighted by atomic mass is 32.1. The van der Waals surface area contributed by atoms with Crippen molar-refractivity contribution in [1.82, 2.24) is 4.98 Å². The Bertz CT molecular complexity index is 1060. The van der Waals surface area contributed by atoms with Crippen LogP contribution in [0, 0.1) is 0 Å². The highest BCUT2D eigenvalue weighted by Gasteiger charge is 2.18. The molecule has 1 aromatic heterocycles. The Kier molecular flexibility index (Phi) is 6.62. The van der Waals surface area contributed by atoms with Gasteiger partial charge in [-0.25, -0.2) is 4.98 Å². The molecular weight excluding hydrogens is 408 g/mol. The molecule has 0 saturated carbocycles. The summed E-state index contributed by atoms with van der Waals surface area (Å²) in [6.07, 6.45) is 4.40. The van der Waals surface area contributed by atoms with E-state index in [2.05, 4.69) is 27.3 Å². The van der Waals surface area contributed by atoms with Crippen LogP contribution in [0.25, 0.3) is 0 Å². The second-order valence-corrected chi connectivity index (χ2v) is 8.71. The lowest BCUT2D eigenvalue weighted by Gasteiger charge is -2.30. The lowest BCUT2D eigenvalue weighted by atomic mass is 10.1. The summed E-state index contributed by atoms with van der Waals surface area (Å²) < 4.78 is 0. The number of hydrogen-bond acceptors (Lipinski definition) is 5. The molecule has 1 aliphatic rings. The maximum Gasteiger partial charge on any atom is 0.248 e. The largest absolute Gasteiger partial charge is 0.370 e. The van der Waals surface area contributed by atoms with Crippen LogP contribution in [0.4, 0.5) is 11.4 Å². The topological polar surface area (TPSA) is 88.3 Å². The number of amides is 2. The smallest absolute Gasteiger partial charge is 0.248 e. The van der Waals surface area contributed by atoms with Crippen LogP contribution in [0.2, 0.25) is 0 Å². The summed E-state index contributed by atoms with van der Waals surface area (Å²) in [5.41, 5.74) is 9.35. The Morgan fingerprint density at radius 2 is 1.84 bits per heavy atom. The molecule has 0 atom stereocenters. The number of carbonyl (C=O) groups is 2. The van der Waals surface area contributed by atoms with Gasteiger partial charge in [-0.3, -0.25) is 9.59 Å². The summed E-state index contributed by atoms with van der Waals surface area (Å²) in [6.45, 7) is 1.88. The van der Waals surface area contributed by atoms with Crippen LogP contribution >= 0.6 is 11.3 Å². The molecule has 1 fully saturated rings. The zero-order valence-corrected chi connectivity index (χ0v) is 18.2. The molecule has 0 bridgehead atoms. The standard InChI is InChI=1S/C24H26N4O2S/c25-24(30)18-9-10-21(28-11-5-2-6-12-28)20(14-18)27-22(29)15-19-16-31-23(26-19)13-17-7-3-1-4-8-17/h1,3-4,7-10,14,16H,2,5-6,11-13,15H2,(H2,25,30)(H,27,29). The maximum absolute atomic E-state index is 12.8. The molecule has 7 heteroatoms. The Labute approximate surface area is 186 Å². The van der Waals surface area contributed by atoms with Crippen LogP contribution in [-0.4, -0.2) is 29.9 Å². The van der Waals surface area contributed by atoms with Gasteiger partial charge in [-0.1, -0.05) is 30.3 Å². The number of aromatic nitrogens is 1. The van der Waals surface area contributed by atoms with Crippen molar-refractivity contribution >= 4 is 34.5 Å². The molecule has 0 radical (unpaired) electrons. The van der Waals surface area contributed by atoms with Crippen molar-refractivity contribution in [3.05, 3.63) is 75.7 Å². The monoisotopic (exact) mass is 434 g/mol. The number of rotatable bonds is 7. The summed E-state index contributed by atoms with van der Waals surface area (Å²) in [7, 11) is 0. The fraction of sp³-hybridized carbons (Fsp3) is 0.292. The van der Waals surface area contributed by atoms with Crippen LogP contribution in [0.5, 0.6) is 0 Å². The molecule has 3 N–H and O–H groups in total. The molecular formula is C24H26N4O2S. The van der Waals surface area contributed by atoms with Gasteiger partial charge in [0.05, 0.1) is 28.5 Å². The summed E-state index contributed by atoms with van der Waals surface area (Å²) in [6, 6.07) is 15.4. The van der Waals surface area contributed by atoms with Crippen molar-refractivity contribution in [3.8, 4) is 0 Å². The quantitative estimate of drug-likeness (QED) is 0.588. The van der Waals surface area contributed by atoms with Gasteiger partial charge in [0.25, 0.3) is 0 Å². The van der Waals surface area contributed by atoms with Crippen LogP contribution < -0.4 is 16.0 Å². The van der Waals surface area contributed by atoms with E-state index in [0.29, 0.717) is 11.3 Å². The molecule has 31 heavy (non-hydrogen) atoms. The molecule has 2 amide bonds. The van der Waals surface area contributed by atoms with E-state index in [1.165, 1.54) is 12.0 Å². The number of nitrogens with one attached hydrogen (secondary N) is 1. The number of carbonyl (C=O) groups excluding carboxylic acids is 2. The van der Waals surface area contributed by atoms with Crippen molar-refractivity contribution in [1.29, 1.82) is 0 Å². The molecule has 1 aliphatic heterocycles. The molecule has 2 aromatic carbocycles. The number of nitrogens with zero attached hydrogens (tertiary/aromatic N) is 2. The minimum absolute atomic E-state index is 0.156. The molecule has 0 spiro atoms. The van der Waals surface area contributed by atoms with E-state index < -0.39 is 5.91 Å². The van der Waals surface area contributed by atoms with Crippen molar-refractivity contribution < 1.29 is 9.59 Å². The minimum atomic E-state index is -0.509. The van der Waals surface area contributed by atoms with Crippen LogP contribution in [0.3, 0.4) is 0 Å². The third kappa shape index (κ3) is 5.49. The Hall–Kier alpha value is -3.19. The SMILES string of the molecule is NC(=O)c1ccc(N2CCCCC2)c(NC(=O)Cc2csc(Cc3ccccc3)n2)c1. The van der Waals surface area contributed by atoms with Gasteiger partial charge in [0.1, 0.15) is 0 Å². The predicted octanol–water partition coefficient (Wildman–Crippen LogP) is 4.00. The highest BCUT2D eigenvalue weighted by Crippen LogP contribution is 2.30. The third-order valence-electron chi connectivity index (χ3n) is 5.39. The van der Waals surface area contributed by atoms with E-state index in [1.54, 1.807) is 23.5 Å². The van der Waals surface area contributed by atoms with E-state index in [0.717, 1.165) is 48.7 Å². The first-order chi connectivity index (χ1) is 15.1. The molecule has 0 aliphatic carbocycles. The number of benzene rings is 2. The molecule has 160 valence electrons. The minimum Gasteiger partial charge on any atom is -0.370 e. The number of piperidine rings is 1. The summed E-state index contributed by atoms with van der Waals surface area (Å²) in [4.78, 5) is 31.3. The van der Waals surface area contributed by atoms with E-state index >= 15 is 0 Å². The lowest BCUT2D eigenvalue weighted by Crippen LogP contribution is -2.30. The zero-order valence-electron chi connectivity index (χ0n) is 17.3. The van der Waals surface area contributed by atoms with Gasteiger partial charge in [-0.15, -0.1) is 11.3 Å². The number of nitrogens with two attached hydrogens (primary N) is 1. The van der Waals surface area contributed by atoms with E-state index in [9.17, 15) is 9.59 Å². The molecule has 1 saturated heterocycles. The lowest BCUT2D eigenvalue weighted by molar-refractivity contribution is -0.115. The average molecular weight is 435 g/mol. The fourth-order valence-electron chi connectivity index (χ4n) is 3.84. The van der Waals surface area contributed by atoms with E-state index in [-0.39, 0.29) is 12.3 Å². The van der Waals surface area contributed by atoms with Gasteiger partial charge in [-0.05, 0) is 43.0 Å². The molecule has 6 nitrogen and oxygen atoms in total. The number of anilines is 2. The van der Waals surface area contributed by atoms with Crippen LogP contribution in [0.15, 0.2) is 53.9 Å². The zero-order chi connectivity index (χ0) is 21.6. The number of hydrogen-bond donors (Lipinski definition) is 2. The first-order valence-corrected chi connectivity index (χ1v) is 11.4. The first kappa shape index (κ1) is 21.1.